The molecule has 6 nitrogen and oxygen atoms in total. The fourth-order valence-corrected chi connectivity index (χ4v) is 1.81. The van der Waals surface area contributed by atoms with Crippen LogP contribution < -0.4 is 9.64 Å². The van der Waals surface area contributed by atoms with Crippen molar-refractivity contribution in [1.29, 1.82) is 0 Å². The van der Waals surface area contributed by atoms with E-state index < -0.39 is 0 Å². The van der Waals surface area contributed by atoms with Crippen molar-refractivity contribution in [2.75, 3.05) is 32.2 Å². The number of methoxy groups -OCH3 is 2. The van der Waals surface area contributed by atoms with E-state index in [1.54, 1.807) is 6.20 Å². The van der Waals surface area contributed by atoms with Gasteiger partial charge in [-0.05, 0) is 6.07 Å². The van der Waals surface area contributed by atoms with Crippen LogP contribution in [0.3, 0.4) is 0 Å². The second kappa shape index (κ2) is 4.99. The van der Waals surface area contributed by atoms with Gasteiger partial charge in [0.25, 0.3) is 0 Å². The van der Waals surface area contributed by atoms with Crippen LogP contribution in [0.2, 0.25) is 0 Å². The molecule has 1 aliphatic heterocycles. The molecule has 0 N–H and O–H groups in total. The smallest absolute Gasteiger partial charge is 0.318 e. The van der Waals surface area contributed by atoms with Gasteiger partial charge < -0.3 is 14.4 Å². The van der Waals surface area contributed by atoms with E-state index in [1.807, 2.05) is 6.07 Å². The Hall–Kier alpha value is -1.85. The summed E-state index contributed by atoms with van der Waals surface area (Å²) in [5.41, 5.74) is 0. The molecule has 0 bridgehead atoms. The minimum atomic E-state index is -0.157. The molecule has 0 aromatic carbocycles. The molecule has 1 aromatic rings. The maximum absolute atomic E-state index is 11.1. The average molecular weight is 237 g/mol. The summed E-state index contributed by atoms with van der Waals surface area (Å²) in [6.45, 7) is 1.63. The number of ether oxygens (including phenoxy) is 2. The molecule has 0 atom stereocenters. The lowest BCUT2D eigenvalue weighted by Gasteiger charge is -2.39. The molecule has 2 rings (SSSR count). The van der Waals surface area contributed by atoms with Gasteiger partial charge in [-0.1, -0.05) is 0 Å². The first kappa shape index (κ1) is 11.6. The predicted molar refractivity (Wildman–Crippen MR) is 60.9 cm³/mol. The highest BCUT2D eigenvalue weighted by Crippen LogP contribution is 2.25. The van der Waals surface area contributed by atoms with Crippen molar-refractivity contribution >= 4 is 11.8 Å². The van der Waals surface area contributed by atoms with Crippen LogP contribution in [0, 0.1) is 5.92 Å². The standard InChI is InChI=1S/C11H15N3O3/c1-16-10(15)5-8-6-14(7-8)9-3-4-12-11(13-9)17-2/h3-4,8H,5-7H2,1-2H3. The molecule has 17 heavy (non-hydrogen) atoms. The average Bonchev–Trinajstić information content (AvgIpc) is 2.32. The van der Waals surface area contributed by atoms with Crippen LogP contribution in [-0.4, -0.2) is 43.2 Å². The van der Waals surface area contributed by atoms with Gasteiger partial charge in [0.15, 0.2) is 0 Å². The Bertz CT molecular complexity index is 405. The lowest BCUT2D eigenvalue weighted by Crippen LogP contribution is -2.48. The minimum Gasteiger partial charge on any atom is -0.469 e. The SMILES string of the molecule is COC(=O)CC1CN(c2ccnc(OC)n2)C1. The first-order valence-electron chi connectivity index (χ1n) is 5.41. The highest BCUT2D eigenvalue weighted by Gasteiger charge is 2.30. The molecule has 1 saturated heterocycles. The highest BCUT2D eigenvalue weighted by atomic mass is 16.5. The molecule has 6 heteroatoms. The number of rotatable bonds is 4. The number of anilines is 1. The van der Waals surface area contributed by atoms with Crippen molar-refractivity contribution in [1.82, 2.24) is 9.97 Å². The first-order valence-corrected chi connectivity index (χ1v) is 5.41. The summed E-state index contributed by atoms with van der Waals surface area (Å²) in [5.74, 6) is 1.02. The first-order chi connectivity index (χ1) is 8.22. The van der Waals surface area contributed by atoms with E-state index >= 15 is 0 Å². The zero-order valence-corrected chi connectivity index (χ0v) is 9.92. The molecule has 0 radical (unpaired) electrons. The zero-order valence-electron chi connectivity index (χ0n) is 9.92. The Balaban J connectivity index is 1.88. The third-order valence-corrected chi connectivity index (χ3v) is 2.77. The van der Waals surface area contributed by atoms with Gasteiger partial charge in [-0.3, -0.25) is 4.79 Å². The van der Waals surface area contributed by atoms with Gasteiger partial charge in [0.1, 0.15) is 5.82 Å². The summed E-state index contributed by atoms with van der Waals surface area (Å²) in [7, 11) is 2.95. The molecule has 92 valence electrons. The van der Waals surface area contributed by atoms with E-state index in [1.165, 1.54) is 14.2 Å². The third kappa shape index (κ3) is 2.64. The van der Waals surface area contributed by atoms with E-state index in [-0.39, 0.29) is 5.97 Å². The monoisotopic (exact) mass is 237 g/mol. The van der Waals surface area contributed by atoms with Gasteiger partial charge in [-0.2, -0.15) is 4.98 Å². The van der Waals surface area contributed by atoms with Crippen molar-refractivity contribution < 1.29 is 14.3 Å². The van der Waals surface area contributed by atoms with Gasteiger partial charge in [-0.15, -0.1) is 0 Å². The van der Waals surface area contributed by atoms with E-state index in [9.17, 15) is 4.79 Å². The molecule has 0 spiro atoms. The summed E-state index contributed by atoms with van der Waals surface area (Å²) in [5, 5.41) is 0. The topological polar surface area (TPSA) is 64.5 Å². The Labute approximate surface area is 99.6 Å². The Morgan fingerprint density at radius 2 is 2.29 bits per heavy atom. The molecule has 0 amide bonds. The van der Waals surface area contributed by atoms with Gasteiger partial charge in [0, 0.05) is 25.2 Å². The van der Waals surface area contributed by atoms with Crippen LogP contribution in [0.15, 0.2) is 12.3 Å². The van der Waals surface area contributed by atoms with Gasteiger partial charge >= 0.3 is 12.0 Å². The van der Waals surface area contributed by atoms with E-state index in [4.69, 9.17) is 4.74 Å². The summed E-state index contributed by atoms with van der Waals surface area (Å²) in [6.07, 6.45) is 2.13. The fourth-order valence-electron chi connectivity index (χ4n) is 1.81. The quantitative estimate of drug-likeness (QED) is 0.710. The lowest BCUT2D eigenvalue weighted by atomic mass is 9.96. The fraction of sp³-hybridized carbons (Fsp3) is 0.545. The van der Waals surface area contributed by atoms with Crippen molar-refractivity contribution in [3.8, 4) is 6.01 Å². The summed E-state index contributed by atoms with van der Waals surface area (Å²) >= 11 is 0. The van der Waals surface area contributed by atoms with Crippen LogP contribution in [-0.2, 0) is 9.53 Å². The zero-order chi connectivity index (χ0) is 12.3. The van der Waals surface area contributed by atoms with Gasteiger partial charge in [-0.25, -0.2) is 4.98 Å². The highest BCUT2D eigenvalue weighted by molar-refractivity contribution is 5.70. The summed E-state index contributed by atoms with van der Waals surface area (Å²) < 4.78 is 9.59. The Morgan fingerprint density at radius 3 is 2.94 bits per heavy atom. The van der Waals surface area contributed by atoms with Crippen LogP contribution in [0.4, 0.5) is 5.82 Å². The van der Waals surface area contributed by atoms with Crippen LogP contribution >= 0.6 is 0 Å². The number of aromatic nitrogens is 2. The normalized spacial score (nSPS) is 15.3. The number of carbonyl (C=O) groups is 1. The number of hydrogen-bond donors (Lipinski definition) is 0. The maximum Gasteiger partial charge on any atom is 0.318 e. The molecule has 0 aliphatic carbocycles. The van der Waals surface area contributed by atoms with Gasteiger partial charge in [0.05, 0.1) is 20.6 Å². The molecule has 1 aliphatic rings. The second-order valence-electron chi connectivity index (χ2n) is 3.95. The maximum atomic E-state index is 11.1. The van der Waals surface area contributed by atoms with Gasteiger partial charge in [0.2, 0.25) is 0 Å². The Morgan fingerprint density at radius 1 is 1.53 bits per heavy atom. The molecule has 2 heterocycles. The summed E-state index contributed by atoms with van der Waals surface area (Å²) in [4.78, 5) is 21.3. The van der Waals surface area contributed by atoms with Crippen LogP contribution in [0.1, 0.15) is 6.42 Å². The van der Waals surface area contributed by atoms with Crippen LogP contribution in [0.25, 0.3) is 0 Å². The van der Waals surface area contributed by atoms with Crippen molar-refractivity contribution in [2.24, 2.45) is 5.92 Å². The van der Waals surface area contributed by atoms with E-state index in [0.717, 1.165) is 18.9 Å². The minimum absolute atomic E-state index is 0.157. The second-order valence-corrected chi connectivity index (χ2v) is 3.95. The molecular weight excluding hydrogens is 222 g/mol. The number of esters is 1. The predicted octanol–water partition coefficient (Wildman–Crippen LogP) is 0.484. The van der Waals surface area contributed by atoms with E-state index in [0.29, 0.717) is 18.3 Å². The van der Waals surface area contributed by atoms with E-state index in [2.05, 4.69) is 19.6 Å². The molecule has 1 aromatic heterocycles. The Kier molecular flexibility index (Phi) is 3.41. The number of carbonyl (C=O) groups excluding carboxylic acids is 1. The molecular formula is C11H15N3O3. The van der Waals surface area contributed by atoms with Crippen LogP contribution in [0.5, 0.6) is 6.01 Å². The number of hydrogen-bond acceptors (Lipinski definition) is 6. The summed E-state index contributed by atoms with van der Waals surface area (Å²) in [6, 6.07) is 2.19. The largest absolute Gasteiger partial charge is 0.469 e. The third-order valence-electron chi connectivity index (χ3n) is 2.77. The molecule has 0 unspecified atom stereocenters. The van der Waals surface area contributed by atoms with Crippen molar-refractivity contribution in [2.45, 2.75) is 6.42 Å². The lowest BCUT2D eigenvalue weighted by molar-refractivity contribution is -0.141. The van der Waals surface area contributed by atoms with Crippen molar-refractivity contribution in [3.63, 3.8) is 0 Å². The molecule has 0 saturated carbocycles. The van der Waals surface area contributed by atoms with Crippen molar-refractivity contribution in [3.05, 3.63) is 12.3 Å². The molecule has 1 fully saturated rings. The number of nitrogens with zero attached hydrogens (tertiary/aromatic N) is 3.